The van der Waals surface area contributed by atoms with Gasteiger partial charge in [-0.15, -0.1) is 0 Å². The fraction of sp³-hybridized carbons (Fsp3) is 0.647. The van der Waals surface area contributed by atoms with Gasteiger partial charge < -0.3 is 5.32 Å². The Morgan fingerprint density at radius 2 is 1.67 bits per heavy atom. The van der Waals surface area contributed by atoms with E-state index in [-0.39, 0.29) is 0 Å². The maximum atomic E-state index is 3.93. The summed E-state index contributed by atoms with van der Waals surface area (Å²) in [5.41, 5.74) is 5.91. The molecule has 2 aliphatic rings. The van der Waals surface area contributed by atoms with Crippen molar-refractivity contribution in [3.8, 4) is 0 Å². The zero-order chi connectivity index (χ0) is 12.7. The van der Waals surface area contributed by atoms with E-state index in [1.165, 1.54) is 48.8 Å². The van der Waals surface area contributed by atoms with Crippen molar-refractivity contribution in [1.82, 2.24) is 5.32 Å². The largest absolute Gasteiger partial charge is 0.307 e. The molecule has 18 heavy (non-hydrogen) atoms. The molecule has 0 spiro atoms. The Kier molecular flexibility index (Phi) is 3.19. The molecule has 0 bridgehead atoms. The number of hydrogen-bond donors (Lipinski definition) is 1. The smallest absolute Gasteiger partial charge is 0.0328 e. The Morgan fingerprint density at radius 1 is 0.944 bits per heavy atom. The van der Waals surface area contributed by atoms with Gasteiger partial charge in [0.15, 0.2) is 0 Å². The minimum Gasteiger partial charge on any atom is -0.307 e. The maximum Gasteiger partial charge on any atom is 0.0328 e. The molecular formula is C17H25N. The summed E-state index contributed by atoms with van der Waals surface area (Å²) in [6.07, 6.45) is 7.03. The van der Waals surface area contributed by atoms with Crippen LogP contribution in [0.5, 0.6) is 0 Å². The first-order valence-corrected chi connectivity index (χ1v) is 7.49. The van der Waals surface area contributed by atoms with Crippen molar-refractivity contribution in [1.29, 1.82) is 0 Å². The third-order valence-electron chi connectivity index (χ3n) is 4.99. The first kappa shape index (κ1) is 12.2. The van der Waals surface area contributed by atoms with Gasteiger partial charge in [-0.3, -0.25) is 0 Å². The molecule has 1 aromatic carbocycles. The fourth-order valence-corrected chi connectivity index (χ4v) is 4.29. The molecule has 0 aromatic heterocycles. The van der Waals surface area contributed by atoms with Crippen LogP contribution in [-0.4, -0.2) is 6.04 Å². The second kappa shape index (κ2) is 4.70. The van der Waals surface area contributed by atoms with E-state index in [2.05, 4.69) is 38.2 Å². The van der Waals surface area contributed by atoms with Gasteiger partial charge in [0.1, 0.15) is 0 Å². The lowest BCUT2D eigenvalue weighted by Gasteiger charge is -2.35. The van der Waals surface area contributed by atoms with Crippen LogP contribution in [0.25, 0.3) is 0 Å². The van der Waals surface area contributed by atoms with Crippen LogP contribution in [0.15, 0.2) is 12.1 Å². The van der Waals surface area contributed by atoms with Crippen molar-refractivity contribution >= 4 is 0 Å². The Bertz CT molecular complexity index is 426. The van der Waals surface area contributed by atoms with Crippen LogP contribution in [0.3, 0.4) is 0 Å². The van der Waals surface area contributed by atoms with Crippen LogP contribution in [0.2, 0.25) is 0 Å². The Morgan fingerprint density at radius 3 is 2.39 bits per heavy atom. The molecule has 0 radical (unpaired) electrons. The van der Waals surface area contributed by atoms with Gasteiger partial charge in [-0.2, -0.15) is 0 Å². The average molecular weight is 243 g/mol. The minimum atomic E-state index is 0.602. The van der Waals surface area contributed by atoms with Gasteiger partial charge in [0.2, 0.25) is 0 Å². The second-order valence-corrected chi connectivity index (χ2v) is 6.41. The van der Waals surface area contributed by atoms with E-state index < -0.39 is 0 Å². The van der Waals surface area contributed by atoms with Crippen LogP contribution >= 0.6 is 0 Å². The topological polar surface area (TPSA) is 12.0 Å². The molecule has 1 saturated carbocycles. The summed E-state index contributed by atoms with van der Waals surface area (Å²) in [7, 11) is 0. The number of piperidine rings is 1. The van der Waals surface area contributed by atoms with E-state index in [1.807, 2.05) is 0 Å². The molecule has 1 saturated heterocycles. The molecule has 3 rings (SSSR count). The molecule has 1 aromatic rings. The van der Waals surface area contributed by atoms with Gasteiger partial charge >= 0.3 is 0 Å². The highest BCUT2D eigenvalue weighted by Gasteiger charge is 2.34. The van der Waals surface area contributed by atoms with Crippen LogP contribution in [-0.2, 0) is 0 Å². The molecule has 1 N–H and O–H groups in total. The number of nitrogens with one attached hydrogen (secondary N) is 1. The fourth-order valence-electron chi connectivity index (χ4n) is 4.29. The third kappa shape index (κ3) is 2.09. The van der Waals surface area contributed by atoms with E-state index in [4.69, 9.17) is 0 Å². The molecule has 0 amide bonds. The van der Waals surface area contributed by atoms with Crippen molar-refractivity contribution in [2.24, 2.45) is 5.92 Å². The predicted molar refractivity (Wildman–Crippen MR) is 76.9 cm³/mol. The van der Waals surface area contributed by atoms with Gasteiger partial charge in [0.25, 0.3) is 0 Å². The van der Waals surface area contributed by atoms with Crippen molar-refractivity contribution in [3.63, 3.8) is 0 Å². The minimum absolute atomic E-state index is 0.602. The Hall–Kier alpha value is -0.820. The quantitative estimate of drug-likeness (QED) is 0.779. The van der Waals surface area contributed by atoms with Crippen LogP contribution in [0, 0.1) is 26.7 Å². The summed E-state index contributed by atoms with van der Waals surface area (Å²) in [5, 5.41) is 3.93. The molecule has 98 valence electrons. The maximum absolute atomic E-state index is 3.93. The Labute approximate surface area is 111 Å². The number of rotatable bonds is 1. The molecule has 1 heteroatoms. The summed E-state index contributed by atoms with van der Waals surface area (Å²) >= 11 is 0. The SMILES string of the molecule is Cc1cc(C)c(C2CCC3CCCC3N2)c(C)c1. The second-order valence-electron chi connectivity index (χ2n) is 6.41. The molecule has 3 atom stereocenters. The third-order valence-corrected chi connectivity index (χ3v) is 4.99. The standard InChI is InChI=1S/C17H25N/c1-11-9-12(2)17(13(3)10-11)16-8-7-14-5-4-6-15(14)18-16/h9-10,14-16,18H,4-8H2,1-3H3. The molecule has 1 nitrogen and oxygen atoms in total. The highest BCUT2D eigenvalue weighted by Crippen LogP contribution is 2.39. The summed E-state index contributed by atoms with van der Waals surface area (Å²) in [6.45, 7) is 6.75. The normalized spacial score (nSPS) is 31.4. The van der Waals surface area contributed by atoms with E-state index in [0.717, 1.165) is 12.0 Å². The Balaban J connectivity index is 1.87. The average Bonchev–Trinajstić information content (AvgIpc) is 2.74. The van der Waals surface area contributed by atoms with Gasteiger partial charge in [-0.05, 0) is 69.1 Å². The van der Waals surface area contributed by atoms with Crippen LogP contribution < -0.4 is 5.32 Å². The summed E-state index contributed by atoms with van der Waals surface area (Å²) in [6, 6.07) is 6.07. The summed E-state index contributed by atoms with van der Waals surface area (Å²) in [4.78, 5) is 0. The molecule has 1 heterocycles. The molecule has 3 unspecified atom stereocenters. The molecular weight excluding hydrogens is 218 g/mol. The number of benzene rings is 1. The highest BCUT2D eigenvalue weighted by atomic mass is 15.0. The molecule has 2 fully saturated rings. The highest BCUT2D eigenvalue weighted by molar-refractivity contribution is 5.40. The lowest BCUT2D eigenvalue weighted by molar-refractivity contribution is 0.260. The first-order chi connectivity index (χ1) is 8.65. The van der Waals surface area contributed by atoms with Gasteiger partial charge in [0.05, 0.1) is 0 Å². The van der Waals surface area contributed by atoms with Gasteiger partial charge in [-0.1, -0.05) is 24.1 Å². The van der Waals surface area contributed by atoms with Crippen LogP contribution in [0.1, 0.15) is 60.4 Å². The summed E-state index contributed by atoms with van der Waals surface area (Å²) in [5.74, 6) is 0.965. The molecule has 1 aliphatic carbocycles. The van der Waals surface area contributed by atoms with E-state index in [9.17, 15) is 0 Å². The van der Waals surface area contributed by atoms with E-state index in [1.54, 1.807) is 5.56 Å². The van der Waals surface area contributed by atoms with Crippen LogP contribution in [0.4, 0.5) is 0 Å². The number of fused-ring (bicyclic) bond motifs is 1. The zero-order valence-electron chi connectivity index (χ0n) is 11.9. The van der Waals surface area contributed by atoms with Crippen molar-refractivity contribution in [2.45, 2.75) is 65.0 Å². The lowest BCUT2D eigenvalue weighted by atomic mass is 9.84. The number of hydrogen-bond acceptors (Lipinski definition) is 1. The zero-order valence-corrected chi connectivity index (χ0v) is 11.9. The first-order valence-electron chi connectivity index (χ1n) is 7.49. The lowest BCUT2D eigenvalue weighted by Crippen LogP contribution is -2.40. The van der Waals surface area contributed by atoms with E-state index >= 15 is 0 Å². The number of aryl methyl sites for hydroxylation is 3. The monoisotopic (exact) mass is 243 g/mol. The van der Waals surface area contributed by atoms with Crippen molar-refractivity contribution in [3.05, 3.63) is 34.4 Å². The van der Waals surface area contributed by atoms with Crippen molar-refractivity contribution in [2.75, 3.05) is 0 Å². The predicted octanol–water partition coefficient (Wildman–Crippen LogP) is 4.21. The molecule has 1 aliphatic heterocycles. The van der Waals surface area contributed by atoms with Crippen molar-refractivity contribution < 1.29 is 0 Å². The van der Waals surface area contributed by atoms with Gasteiger partial charge in [-0.25, -0.2) is 0 Å². The van der Waals surface area contributed by atoms with E-state index in [0.29, 0.717) is 6.04 Å². The summed E-state index contributed by atoms with van der Waals surface area (Å²) < 4.78 is 0. The van der Waals surface area contributed by atoms with Gasteiger partial charge in [0, 0.05) is 12.1 Å².